The first-order chi connectivity index (χ1) is 12.5. The van der Waals surface area contributed by atoms with Crippen molar-refractivity contribution in [3.63, 3.8) is 0 Å². The molecule has 0 aliphatic heterocycles. The highest BCUT2D eigenvalue weighted by molar-refractivity contribution is 7.09. The van der Waals surface area contributed by atoms with E-state index in [2.05, 4.69) is 20.3 Å². The number of benzene rings is 1. The highest BCUT2D eigenvalue weighted by Gasteiger charge is 2.13. The van der Waals surface area contributed by atoms with Gasteiger partial charge in [-0.15, -0.1) is 11.3 Å². The van der Waals surface area contributed by atoms with Gasteiger partial charge >= 0.3 is 0 Å². The number of H-pyrrole nitrogens is 1. The predicted octanol–water partition coefficient (Wildman–Crippen LogP) is 2.32. The van der Waals surface area contributed by atoms with Crippen molar-refractivity contribution in [1.82, 2.24) is 20.3 Å². The number of nitrogens with zero attached hydrogens (tertiary/aromatic N) is 2. The summed E-state index contributed by atoms with van der Waals surface area (Å²) in [6.45, 7) is 4.40. The molecule has 0 bridgehead atoms. The van der Waals surface area contributed by atoms with Gasteiger partial charge in [0.2, 0.25) is 0 Å². The van der Waals surface area contributed by atoms with Gasteiger partial charge in [-0.25, -0.2) is 9.97 Å². The Balaban J connectivity index is 1.58. The molecule has 8 heteroatoms. The van der Waals surface area contributed by atoms with E-state index in [1.807, 2.05) is 38.1 Å². The van der Waals surface area contributed by atoms with Gasteiger partial charge in [0.1, 0.15) is 23.6 Å². The fourth-order valence-corrected chi connectivity index (χ4v) is 2.90. The zero-order chi connectivity index (χ0) is 18.5. The highest BCUT2D eigenvalue weighted by Crippen LogP contribution is 2.17. The first kappa shape index (κ1) is 17.8. The molecule has 0 saturated carbocycles. The quantitative estimate of drug-likeness (QED) is 0.649. The average molecular weight is 370 g/mol. The smallest absolute Gasteiger partial charge is 0.264 e. The number of thiazole rings is 1. The van der Waals surface area contributed by atoms with Crippen molar-refractivity contribution >= 4 is 17.2 Å². The zero-order valence-electron chi connectivity index (χ0n) is 14.4. The van der Waals surface area contributed by atoms with Crippen LogP contribution in [0.5, 0.6) is 5.75 Å². The van der Waals surface area contributed by atoms with Gasteiger partial charge in [-0.05, 0) is 25.5 Å². The van der Waals surface area contributed by atoms with Crippen LogP contribution in [0.1, 0.15) is 20.9 Å². The third-order valence-electron chi connectivity index (χ3n) is 3.64. The van der Waals surface area contributed by atoms with Crippen molar-refractivity contribution in [2.24, 2.45) is 0 Å². The maximum atomic E-state index is 12.2. The number of hydrogen-bond donors (Lipinski definition) is 2. The van der Waals surface area contributed by atoms with Gasteiger partial charge in [0.05, 0.1) is 11.6 Å². The van der Waals surface area contributed by atoms with E-state index in [4.69, 9.17) is 4.74 Å². The lowest BCUT2D eigenvalue weighted by Crippen LogP contribution is -2.32. The molecule has 3 aromatic rings. The Kier molecular flexibility index (Phi) is 5.43. The van der Waals surface area contributed by atoms with Gasteiger partial charge in [-0.3, -0.25) is 9.59 Å². The molecule has 0 aliphatic carbocycles. The summed E-state index contributed by atoms with van der Waals surface area (Å²) in [6, 6.07) is 7.63. The number of rotatable bonds is 6. The van der Waals surface area contributed by atoms with Crippen LogP contribution in [0, 0.1) is 13.8 Å². The Hall–Kier alpha value is -3.00. The summed E-state index contributed by atoms with van der Waals surface area (Å²) >= 11 is 1.46. The average Bonchev–Trinajstić information content (AvgIpc) is 3.06. The summed E-state index contributed by atoms with van der Waals surface area (Å²) in [6.07, 6.45) is 1.26. The highest BCUT2D eigenvalue weighted by atomic mass is 32.1. The van der Waals surface area contributed by atoms with Crippen molar-refractivity contribution in [3.05, 3.63) is 62.3 Å². The molecule has 0 saturated heterocycles. The summed E-state index contributed by atoms with van der Waals surface area (Å²) in [5.41, 5.74) is 1.06. The topological polar surface area (TPSA) is 97.0 Å². The number of hydrogen-bond acceptors (Lipinski definition) is 6. The van der Waals surface area contributed by atoms with E-state index < -0.39 is 11.5 Å². The Morgan fingerprint density at radius 3 is 2.81 bits per heavy atom. The van der Waals surface area contributed by atoms with Gasteiger partial charge in [0.25, 0.3) is 11.5 Å². The second-order valence-electron chi connectivity index (χ2n) is 5.60. The standard InChI is InChI=1S/C18H18N4O3S/c1-11-5-3-4-6-15(11)25-8-7-19-17(23)13-9-20-16(22-18(13)24)14-10-26-12(2)21-14/h3-6,9-10H,7-8H2,1-2H3,(H,19,23)(H,20,22,24). The van der Waals surface area contributed by atoms with Crippen molar-refractivity contribution in [1.29, 1.82) is 0 Å². The molecule has 1 aromatic carbocycles. The molecule has 3 rings (SSSR count). The van der Waals surface area contributed by atoms with Crippen molar-refractivity contribution in [3.8, 4) is 17.3 Å². The second kappa shape index (κ2) is 7.92. The minimum absolute atomic E-state index is 0.0448. The van der Waals surface area contributed by atoms with E-state index in [1.54, 1.807) is 5.38 Å². The second-order valence-corrected chi connectivity index (χ2v) is 6.66. The molecular weight excluding hydrogens is 352 g/mol. The maximum Gasteiger partial charge on any atom is 0.264 e. The number of carbonyl (C=O) groups excluding carboxylic acids is 1. The minimum atomic E-state index is -0.502. The maximum absolute atomic E-state index is 12.2. The summed E-state index contributed by atoms with van der Waals surface area (Å²) in [5.74, 6) is 0.621. The van der Waals surface area contributed by atoms with Crippen molar-refractivity contribution in [2.45, 2.75) is 13.8 Å². The summed E-state index contributed by atoms with van der Waals surface area (Å²) < 4.78 is 5.61. The minimum Gasteiger partial charge on any atom is -0.491 e. The normalized spacial score (nSPS) is 10.5. The van der Waals surface area contributed by atoms with E-state index in [9.17, 15) is 9.59 Å². The molecule has 2 N–H and O–H groups in total. The number of carbonyl (C=O) groups is 1. The lowest BCUT2D eigenvalue weighted by Gasteiger charge is -2.09. The fraction of sp³-hybridized carbons (Fsp3) is 0.222. The van der Waals surface area contributed by atoms with Crippen LogP contribution in [0.15, 0.2) is 40.6 Å². The van der Waals surface area contributed by atoms with Gasteiger partial charge in [-0.1, -0.05) is 18.2 Å². The fourth-order valence-electron chi connectivity index (χ4n) is 2.30. The van der Waals surface area contributed by atoms with Crippen molar-refractivity contribution in [2.75, 3.05) is 13.2 Å². The number of para-hydroxylation sites is 1. The van der Waals surface area contributed by atoms with Gasteiger partial charge in [0, 0.05) is 11.6 Å². The SMILES string of the molecule is Cc1nc(-c2ncc(C(=O)NCCOc3ccccc3C)c(=O)[nH]2)cs1. The van der Waals surface area contributed by atoms with Crippen LogP contribution in [0.3, 0.4) is 0 Å². The first-order valence-electron chi connectivity index (χ1n) is 8.03. The monoisotopic (exact) mass is 370 g/mol. The van der Waals surface area contributed by atoms with Crippen molar-refractivity contribution < 1.29 is 9.53 Å². The number of aryl methyl sites for hydroxylation is 2. The number of ether oxygens (including phenoxy) is 1. The predicted molar refractivity (Wildman–Crippen MR) is 99.7 cm³/mol. The van der Waals surface area contributed by atoms with Crippen LogP contribution >= 0.6 is 11.3 Å². The Bertz CT molecular complexity index is 980. The molecule has 26 heavy (non-hydrogen) atoms. The Morgan fingerprint density at radius 1 is 1.31 bits per heavy atom. The Morgan fingerprint density at radius 2 is 2.12 bits per heavy atom. The lowest BCUT2D eigenvalue weighted by molar-refractivity contribution is 0.0945. The number of aromatic nitrogens is 3. The molecule has 7 nitrogen and oxygen atoms in total. The molecule has 0 radical (unpaired) electrons. The lowest BCUT2D eigenvalue weighted by atomic mass is 10.2. The summed E-state index contributed by atoms with van der Waals surface area (Å²) in [7, 11) is 0. The van der Waals surface area contributed by atoms with Crippen LogP contribution in [0.2, 0.25) is 0 Å². The van der Waals surface area contributed by atoms with Crippen LogP contribution in [-0.4, -0.2) is 34.0 Å². The van der Waals surface area contributed by atoms with Crippen LogP contribution in [0.25, 0.3) is 11.5 Å². The van der Waals surface area contributed by atoms with Gasteiger partial charge in [-0.2, -0.15) is 0 Å². The summed E-state index contributed by atoms with van der Waals surface area (Å²) in [5, 5.41) is 5.33. The number of amides is 1. The molecule has 0 aliphatic rings. The van der Waals surface area contributed by atoms with Crippen LogP contribution in [-0.2, 0) is 0 Å². The molecule has 134 valence electrons. The number of aromatic amines is 1. The van der Waals surface area contributed by atoms with E-state index in [1.165, 1.54) is 17.5 Å². The summed E-state index contributed by atoms with van der Waals surface area (Å²) in [4.78, 5) is 35.3. The van der Waals surface area contributed by atoms with E-state index >= 15 is 0 Å². The molecule has 0 unspecified atom stereocenters. The molecule has 1 amide bonds. The Labute approximate surface area is 154 Å². The van der Waals surface area contributed by atoms with Gasteiger partial charge in [0.15, 0.2) is 5.82 Å². The van der Waals surface area contributed by atoms with Gasteiger partial charge < -0.3 is 15.0 Å². The van der Waals surface area contributed by atoms with Crippen LogP contribution < -0.4 is 15.6 Å². The first-order valence-corrected chi connectivity index (χ1v) is 8.91. The molecule has 0 fully saturated rings. The molecule has 0 spiro atoms. The van der Waals surface area contributed by atoms with E-state index in [-0.39, 0.29) is 12.1 Å². The van der Waals surface area contributed by atoms with Crippen LogP contribution in [0.4, 0.5) is 0 Å². The zero-order valence-corrected chi connectivity index (χ0v) is 15.2. The molecule has 2 heterocycles. The molecular formula is C18H18N4O3S. The largest absolute Gasteiger partial charge is 0.491 e. The molecule has 0 atom stereocenters. The van der Waals surface area contributed by atoms with E-state index in [0.717, 1.165) is 16.3 Å². The number of nitrogens with one attached hydrogen (secondary N) is 2. The molecule has 2 aromatic heterocycles. The third kappa shape index (κ3) is 4.15. The third-order valence-corrected chi connectivity index (χ3v) is 4.42. The van der Waals surface area contributed by atoms with E-state index in [0.29, 0.717) is 18.1 Å².